The fraction of sp³-hybridized carbons (Fsp3) is 0.158. The number of primary sulfonamides is 1. The molecule has 0 aliphatic rings. The topological polar surface area (TPSA) is 125 Å². The summed E-state index contributed by atoms with van der Waals surface area (Å²) in [5.74, 6) is 0.823. The van der Waals surface area contributed by atoms with Gasteiger partial charge in [0.15, 0.2) is 11.7 Å². The Bertz CT molecular complexity index is 1140. The molecular formula is C19H18ClN3O5S. The zero-order chi connectivity index (χ0) is 21.0. The van der Waals surface area contributed by atoms with Gasteiger partial charge in [-0.3, -0.25) is 4.79 Å². The number of aromatic nitrogens is 1. The van der Waals surface area contributed by atoms with Crippen LogP contribution < -0.4 is 15.2 Å². The van der Waals surface area contributed by atoms with Gasteiger partial charge in [-0.25, -0.2) is 18.5 Å². The van der Waals surface area contributed by atoms with Crippen LogP contribution in [0.1, 0.15) is 12.3 Å². The summed E-state index contributed by atoms with van der Waals surface area (Å²) in [5.41, 5.74) is 0.912. The highest BCUT2D eigenvalue weighted by molar-refractivity contribution is 7.89. The van der Waals surface area contributed by atoms with Crippen LogP contribution in [-0.4, -0.2) is 26.4 Å². The number of benzene rings is 2. The number of nitrogens with two attached hydrogens (primary N) is 1. The van der Waals surface area contributed by atoms with Crippen LogP contribution in [0.15, 0.2) is 58.0 Å². The molecule has 1 heterocycles. The molecule has 0 spiro atoms. The van der Waals surface area contributed by atoms with E-state index in [1.165, 1.54) is 25.3 Å². The average Bonchev–Trinajstić information content (AvgIpc) is 3.15. The standard InChI is InChI=1S/C19H18ClN3O5S/c1-27-16-7-6-12(29(21,25)26)10-15(16)23-18(24)8-9-19-22-11-17(28-19)13-4-2-3-5-14(13)20/h2-7,10-11H,8-9H2,1H3,(H,23,24)(H2,21,25,26). The Morgan fingerprint density at radius 2 is 2.03 bits per heavy atom. The van der Waals surface area contributed by atoms with Crippen molar-refractivity contribution in [2.24, 2.45) is 5.14 Å². The van der Waals surface area contributed by atoms with Crippen LogP contribution in [0.5, 0.6) is 5.75 Å². The van der Waals surface area contributed by atoms with Gasteiger partial charge in [-0.1, -0.05) is 23.7 Å². The van der Waals surface area contributed by atoms with Gasteiger partial charge < -0.3 is 14.5 Å². The summed E-state index contributed by atoms with van der Waals surface area (Å²) in [6.07, 6.45) is 1.85. The molecule has 0 aliphatic carbocycles. The first-order valence-corrected chi connectivity index (χ1v) is 10.4. The first kappa shape index (κ1) is 20.8. The minimum absolute atomic E-state index is 0.0607. The molecule has 10 heteroatoms. The van der Waals surface area contributed by atoms with Crippen LogP contribution in [0, 0.1) is 0 Å². The number of carbonyl (C=O) groups is 1. The lowest BCUT2D eigenvalue weighted by Gasteiger charge is -2.11. The van der Waals surface area contributed by atoms with Crippen molar-refractivity contribution in [3.8, 4) is 17.1 Å². The molecule has 0 radical (unpaired) electrons. The molecule has 3 N–H and O–H groups in total. The molecule has 0 atom stereocenters. The molecule has 1 aromatic heterocycles. The van der Waals surface area contributed by atoms with Crippen LogP contribution in [0.25, 0.3) is 11.3 Å². The van der Waals surface area contributed by atoms with E-state index in [0.717, 1.165) is 0 Å². The maximum Gasteiger partial charge on any atom is 0.238 e. The SMILES string of the molecule is COc1ccc(S(N)(=O)=O)cc1NC(=O)CCc1ncc(-c2ccccc2Cl)o1. The van der Waals surface area contributed by atoms with Gasteiger partial charge in [-0.2, -0.15) is 0 Å². The van der Waals surface area contributed by atoms with Crippen LogP contribution in [0.2, 0.25) is 5.02 Å². The number of rotatable bonds is 7. The zero-order valence-corrected chi connectivity index (χ0v) is 17.0. The Hall–Kier alpha value is -2.88. The molecule has 29 heavy (non-hydrogen) atoms. The van der Waals surface area contributed by atoms with Crippen molar-refractivity contribution < 1.29 is 22.4 Å². The first-order valence-electron chi connectivity index (χ1n) is 8.48. The number of ether oxygens (including phenoxy) is 1. The molecule has 0 saturated carbocycles. The normalized spacial score (nSPS) is 11.3. The third kappa shape index (κ3) is 5.14. The highest BCUT2D eigenvalue weighted by Gasteiger charge is 2.15. The number of methoxy groups -OCH3 is 1. The summed E-state index contributed by atoms with van der Waals surface area (Å²) in [6.45, 7) is 0. The summed E-state index contributed by atoms with van der Waals surface area (Å²) in [6, 6.07) is 11.2. The average molecular weight is 436 g/mol. The number of sulfonamides is 1. The largest absolute Gasteiger partial charge is 0.495 e. The molecule has 0 unspecified atom stereocenters. The molecule has 3 rings (SSSR count). The Morgan fingerprint density at radius 1 is 1.28 bits per heavy atom. The smallest absolute Gasteiger partial charge is 0.238 e. The van der Waals surface area contributed by atoms with Gasteiger partial charge in [-0.05, 0) is 30.3 Å². The van der Waals surface area contributed by atoms with Crippen molar-refractivity contribution in [3.05, 3.63) is 59.6 Å². The van der Waals surface area contributed by atoms with Crippen molar-refractivity contribution in [2.75, 3.05) is 12.4 Å². The quantitative estimate of drug-likeness (QED) is 0.587. The van der Waals surface area contributed by atoms with E-state index in [0.29, 0.717) is 28.0 Å². The fourth-order valence-electron chi connectivity index (χ4n) is 2.61. The fourth-order valence-corrected chi connectivity index (χ4v) is 3.38. The van der Waals surface area contributed by atoms with E-state index >= 15 is 0 Å². The number of hydrogen-bond acceptors (Lipinski definition) is 6. The summed E-state index contributed by atoms with van der Waals surface area (Å²) < 4.78 is 33.8. The summed E-state index contributed by atoms with van der Waals surface area (Å²) >= 11 is 6.14. The molecular weight excluding hydrogens is 418 g/mol. The van der Waals surface area contributed by atoms with E-state index in [1.54, 1.807) is 12.3 Å². The molecule has 8 nitrogen and oxygen atoms in total. The third-order valence-corrected chi connectivity index (χ3v) is 5.27. The van der Waals surface area contributed by atoms with Crippen LogP contribution in [0.3, 0.4) is 0 Å². The van der Waals surface area contributed by atoms with E-state index in [9.17, 15) is 13.2 Å². The number of carbonyl (C=O) groups excluding carboxylic acids is 1. The lowest BCUT2D eigenvalue weighted by Crippen LogP contribution is -2.16. The number of amides is 1. The van der Waals surface area contributed by atoms with E-state index in [1.807, 2.05) is 18.2 Å². The molecule has 3 aromatic rings. The Balaban J connectivity index is 1.67. The van der Waals surface area contributed by atoms with Crippen molar-refractivity contribution in [1.29, 1.82) is 0 Å². The van der Waals surface area contributed by atoms with Crippen LogP contribution in [-0.2, 0) is 21.2 Å². The summed E-state index contributed by atoms with van der Waals surface area (Å²) in [5, 5.41) is 8.29. The van der Waals surface area contributed by atoms with Crippen molar-refractivity contribution in [2.45, 2.75) is 17.7 Å². The van der Waals surface area contributed by atoms with Gasteiger partial charge in [-0.15, -0.1) is 0 Å². The van der Waals surface area contributed by atoms with Crippen molar-refractivity contribution >= 4 is 33.2 Å². The Morgan fingerprint density at radius 3 is 2.72 bits per heavy atom. The van der Waals surface area contributed by atoms with Gasteiger partial charge in [0.05, 0.1) is 28.9 Å². The lowest BCUT2D eigenvalue weighted by atomic mass is 10.2. The molecule has 0 saturated heterocycles. The Kier molecular flexibility index (Phi) is 6.21. The van der Waals surface area contributed by atoms with E-state index < -0.39 is 10.0 Å². The van der Waals surface area contributed by atoms with Gasteiger partial charge >= 0.3 is 0 Å². The molecule has 0 aliphatic heterocycles. The summed E-state index contributed by atoms with van der Waals surface area (Å²) in [7, 11) is -2.50. The zero-order valence-electron chi connectivity index (χ0n) is 15.4. The predicted molar refractivity (Wildman–Crippen MR) is 108 cm³/mol. The second-order valence-corrected chi connectivity index (χ2v) is 8.02. The molecule has 0 bridgehead atoms. The van der Waals surface area contributed by atoms with Gasteiger partial charge in [0.25, 0.3) is 0 Å². The lowest BCUT2D eigenvalue weighted by molar-refractivity contribution is -0.116. The molecule has 1 amide bonds. The second-order valence-electron chi connectivity index (χ2n) is 6.05. The minimum atomic E-state index is -3.91. The minimum Gasteiger partial charge on any atom is -0.495 e. The number of nitrogens with zero attached hydrogens (tertiary/aromatic N) is 1. The Labute approximate surface area is 172 Å². The maximum absolute atomic E-state index is 12.3. The maximum atomic E-state index is 12.3. The first-order chi connectivity index (χ1) is 13.8. The van der Waals surface area contributed by atoms with Gasteiger partial charge in [0.1, 0.15) is 5.75 Å². The number of hydrogen-bond donors (Lipinski definition) is 2. The van der Waals surface area contributed by atoms with Gasteiger partial charge in [0.2, 0.25) is 15.9 Å². The van der Waals surface area contributed by atoms with E-state index in [-0.39, 0.29) is 29.3 Å². The molecule has 0 fully saturated rings. The van der Waals surface area contributed by atoms with E-state index in [2.05, 4.69) is 10.3 Å². The monoisotopic (exact) mass is 435 g/mol. The second kappa shape index (κ2) is 8.64. The highest BCUT2D eigenvalue weighted by atomic mass is 35.5. The van der Waals surface area contributed by atoms with Crippen molar-refractivity contribution in [3.63, 3.8) is 0 Å². The number of aryl methyl sites for hydroxylation is 1. The number of halogens is 1. The predicted octanol–water partition coefficient (Wildman–Crippen LogP) is 3.22. The number of nitrogens with one attached hydrogen (secondary N) is 1. The summed E-state index contributed by atoms with van der Waals surface area (Å²) in [4.78, 5) is 16.3. The third-order valence-electron chi connectivity index (χ3n) is 4.03. The number of oxazole rings is 1. The van der Waals surface area contributed by atoms with Crippen molar-refractivity contribution in [1.82, 2.24) is 4.98 Å². The van der Waals surface area contributed by atoms with E-state index in [4.69, 9.17) is 25.9 Å². The van der Waals surface area contributed by atoms with Crippen LogP contribution in [0.4, 0.5) is 5.69 Å². The van der Waals surface area contributed by atoms with Crippen LogP contribution >= 0.6 is 11.6 Å². The molecule has 152 valence electrons. The highest BCUT2D eigenvalue weighted by Crippen LogP contribution is 2.29. The number of anilines is 1. The van der Waals surface area contributed by atoms with Gasteiger partial charge in [0, 0.05) is 18.4 Å². The molecule has 2 aromatic carbocycles.